The fourth-order valence-electron chi connectivity index (χ4n) is 2.60. The third kappa shape index (κ3) is 3.64. The van der Waals surface area contributed by atoms with Crippen LogP contribution in [0.3, 0.4) is 0 Å². The van der Waals surface area contributed by atoms with Gasteiger partial charge in [0.1, 0.15) is 17.2 Å². The molecule has 0 saturated heterocycles. The van der Waals surface area contributed by atoms with Crippen LogP contribution in [0.5, 0.6) is 17.2 Å². The molecule has 0 unspecified atom stereocenters. The van der Waals surface area contributed by atoms with Gasteiger partial charge in [-0.2, -0.15) is 0 Å². The molecule has 23 heavy (non-hydrogen) atoms. The van der Waals surface area contributed by atoms with E-state index in [0.29, 0.717) is 18.6 Å². The van der Waals surface area contributed by atoms with Crippen molar-refractivity contribution in [3.8, 4) is 17.2 Å². The van der Waals surface area contributed by atoms with Crippen molar-refractivity contribution in [3.05, 3.63) is 89.0 Å². The zero-order chi connectivity index (χ0) is 16.2. The monoisotopic (exact) mass is 306 g/mol. The predicted molar refractivity (Wildman–Crippen MR) is 89.9 cm³/mol. The molecule has 0 atom stereocenters. The zero-order valence-electron chi connectivity index (χ0n) is 12.6. The summed E-state index contributed by atoms with van der Waals surface area (Å²) >= 11 is 0. The minimum atomic E-state index is 0.235. The highest BCUT2D eigenvalue weighted by Crippen LogP contribution is 2.27. The summed E-state index contributed by atoms with van der Waals surface area (Å²) in [6.45, 7) is 0. The maximum absolute atomic E-state index is 10.5. The molecular weight excluding hydrogens is 288 g/mol. The average Bonchev–Trinajstić information content (AvgIpc) is 2.55. The second-order valence-electron chi connectivity index (χ2n) is 5.61. The molecule has 0 aliphatic rings. The Labute approximate surface area is 135 Å². The van der Waals surface area contributed by atoms with Crippen LogP contribution in [0.2, 0.25) is 0 Å². The van der Waals surface area contributed by atoms with Crippen LogP contribution in [0, 0.1) is 0 Å². The molecule has 0 fully saturated rings. The number of aromatic hydroxyl groups is 3. The van der Waals surface area contributed by atoms with E-state index in [1.165, 1.54) is 0 Å². The molecule has 0 amide bonds. The average molecular weight is 306 g/mol. The molecular formula is C20H18O3. The Hall–Kier alpha value is -2.94. The van der Waals surface area contributed by atoms with Gasteiger partial charge in [0.15, 0.2) is 0 Å². The number of para-hydroxylation sites is 1. The molecule has 3 aromatic carbocycles. The quantitative estimate of drug-likeness (QED) is 0.683. The van der Waals surface area contributed by atoms with Crippen molar-refractivity contribution in [2.75, 3.05) is 0 Å². The molecule has 3 nitrogen and oxygen atoms in total. The van der Waals surface area contributed by atoms with Crippen LogP contribution in [0.15, 0.2) is 66.7 Å². The topological polar surface area (TPSA) is 60.7 Å². The van der Waals surface area contributed by atoms with Gasteiger partial charge >= 0.3 is 0 Å². The van der Waals surface area contributed by atoms with Gasteiger partial charge in [0.05, 0.1) is 0 Å². The number of rotatable bonds is 4. The number of phenolic OH excluding ortho intramolecular Hbond substituents is 3. The van der Waals surface area contributed by atoms with Gasteiger partial charge in [-0.15, -0.1) is 0 Å². The smallest absolute Gasteiger partial charge is 0.122 e. The molecule has 0 aliphatic heterocycles. The van der Waals surface area contributed by atoms with Crippen LogP contribution in [-0.2, 0) is 12.8 Å². The fraction of sp³-hybridized carbons (Fsp3) is 0.100. The maximum Gasteiger partial charge on any atom is 0.122 e. The van der Waals surface area contributed by atoms with E-state index < -0.39 is 0 Å². The van der Waals surface area contributed by atoms with E-state index in [-0.39, 0.29) is 11.5 Å². The summed E-state index contributed by atoms with van der Waals surface area (Å²) in [6, 6.07) is 19.7. The molecule has 3 aromatic rings. The Balaban J connectivity index is 1.83. The predicted octanol–water partition coefficient (Wildman–Crippen LogP) is 3.99. The first-order chi connectivity index (χ1) is 11.1. The molecule has 3 N–H and O–H groups in total. The van der Waals surface area contributed by atoms with Gasteiger partial charge in [-0.25, -0.2) is 0 Å². The minimum absolute atomic E-state index is 0.235. The summed E-state index contributed by atoms with van der Waals surface area (Å²) in [6.07, 6.45) is 1.21. The highest BCUT2D eigenvalue weighted by Gasteiger charge is 2.09. The SMILES string of the molecule is Oc1ccc(Cc2cccc(Cc3ccc(O)cc3)c2O)cc1. The largest absolute Gasteiger partial charge is 0.508 e. The van der Waals surface area contributed by atoms with Gasteiger partial charge in [-0.1, -0.05) is 42.5 Å². The van der Waals surface area contributed by atoms with Crippen molar-refractivity contribution in [2.24, 2.45) is 0 Å². The van der Waals surface area contributed by atoms with E-state index in [1.54, 1.807) is 24.3 Å². The van der Waals surface area contributed by atoms with Crippen LogP contribution in [-0.4, -0.2) is 15.3 Å². The van der Waals surface area contributed by atoms with Crippen molar-refractivity contribution < 1.29 is 15.3 Å². The van der Waals surface area contributed by atoms with Gasteiger partial charge in [0.25, 0.3) is 0 Å². The normalized spacial score (nSPS) is 10.6. The zero-order valence-corrected chi connectivity index (χ0v) is 12.6. The minimum Gasteiger partial charge on any atom is -0.508 e. The summed E-state index contributed by atoms with van der Waals surface area (Å²) in [5.74, 6) is 0.770. The van der Waals surface area contributed by atoms with Gasteiger partial charge in [0, 0.05) is 12.8 Å². The molecule has 3 rings (SSSR count). The van der Waals surface area contributed by atoms with Gasteiger partial charge < -0.3 is 15.3 Å². The van der Waals surface area contributed by atoms with E-state index in [1.807, 2.05) is 42.5 Å². The van der Waals surface area contributed by atoms with Crippen LogP contribution < -0.4 is 0 Å². The summed E-state index contributed by atoms with van der Waals surface area (Å²) in [5.41, 5.74) is 3.76. The Morgan fingerprint density at radius 3 is 1.30 bits per heavy atom. The number of phenols is 3. The van der Waals surface area contributed by atoms with Gasteiger partial charge in [0.2, 0.25) is 0 Å². The lowest BCUT2D eigenvalue weighted by Gasteiger charge is -2.10. The summed E-state index contributed by atoms with van der Waals surface area (Å²) in [5, 5.41) is 29.2. The molecule has 0 radical (unpaired) electrons. The summed E-state index contributed by atoms with van der Waals surface area (Å²) in [4.78, 5) is 0. The lowest BCUT2D eigenvalue weighted by atomic mass is 9.97. The van der Waals surface area contributed by atoms with E-state index in [0.717, 1.165) is 22.3 Å². The Morgan fingerprint density at radius 2 is 0.913 bits per heavy atom. The Morgan fingerprint density at radius 1 is 0.522 bits per heavy atom. The van der Waals surface area contributed by atoms with Crippen LogP contribution >= 0.6 is 0 Å². The van der Waals surface area contributed by atoms with Crippen molar-refractivity contribution in [1.82, 2.24) is 0 Å². The summed E-state index contributed by atoms with van der Waals surface area (Å²) < 4.78 is 0. The Bertz CT molecular complexity index is 724. The molecule has 116 valence electrons. The molecule has 0 aliphatic carbocycles. The molecule has 0 saturated carbocycles. The highest BCUT2D eigenvalue weighted by atomic mass is 16.3. The second kappa shape index (κ2) is 6.44. The van der Waals surface area contributed by atoms with Gasteiger partial charge in [-0.3, -0.25) is 0 Å². The van der Waals surface area contributed by atoms with Gasteiger partial charge in [-0.05, 0) is 46.5 Å². The van der Waals surface area contributed by atoms with E-state index in [9.17, 15) is 15.3 Å². The lowest BCUT2D eigenvalue weighted by Crippen LogP contribution is -1.94. The lowest BCUT2D eigenvalue weighted by molar-refractivity contribution is 0.463. The molecule has 0 spiro atoms. The third-order valence-electron chi connectivity index (χ3n) is 3.86. The number of hydrogen-bond acceptors (Lipinski definition) is 3. The summed E-state index contributed by atoms with van der Waals surface area (Å²) in [7, 11) is 0. The van der Waals surface area contributed by atoms with Crippen LogP contribution in [0.25, 0.3) is 0 Å². The van der Waals surface area contributed by atoms with Crippen molar-refractivity contribution in [2.45, 2.75) is 12.8 Å². The van der Waals surface area contributed by atoms with Crippen molar-refractivity contribution in [1.29, 1.82) is 0 Å². The first kappa shape index (κ1) is 15.0. The maximum atomic E-state index is 10.5. The Kier molecular flexibility index (Phi) is 4.20. The fourth-order valence-corrected chi connectivity index (χ4v) is 2.60. The molecule has 0 bridgehead atoms. The van der Waals surface area contributed by atoms with Crippen molar-refractivity contribution >= 4 is 0 Å². The van der Waals surface area contributed by atoms with Crippen LogP contribution in [0.1, 0.15) is 22.3 Å². The van der Waals surface area contributed by atoms with E-state index in [2.05, 4.69) is 0 Å². The molecule has 0 aromatic heterocycles. The molecule has 3 heteroatoms. The van der Waals surface area contributed by atoms with E-state index in [4.69, 9.17) is 0 Å². The first-order valence-electron chi connectivity index (χ1n) is 7.47. The number of benzene rings is 3. The second-order valence-corrected chi connectivity index (χ2v) is 5.61. The van der Waals surface area contributed by atoms with Crippen molar-refractivity contribution in [3.63, 3.8) is 0 Å². The van der Waals surface area contributed by atoms with Crippen LogP contribution in [0.4, 0.5) is 0 Å². The highest BCUT2D eigenvalue weighted by molar-refractivity contribution is 5.45. The number of hydrogen-bond donors (Lipinski definition) is 3. The standard InChI is InChI=1S/C20H18O3/c21-18-8-4-14(5-9-18)12-16-2-1-3-17(20(16)23)13-15-6-10-19(22)11-7-15/h1-11,21-23H,12-13H2. The third-order valence-corrected chi connectivity index (χ3v) is 3.86. The first-order valence-corrected chi connectivity index (χ1v) is 7.47. The molecule has 0 heterocycles. The van der Waals surface area contributed by atoms with E-state index >= 15 is 0 Å².